The van der Waals surface area contributed by atoms with Crippen molar-refractivity contribution < 1.29 is 23.8 Å². The highest BCUT2D eigenvalue weighted by atomic mass is 32.1. The minimum absolute atomic E-state index is 0.0424. The number of carbonyl (C=O) groups excluding carboxylic acids is 2. The van der Waals surface area contributed by atoms with E-state index in [1.54, 1.807) is 18.2 Å². The molecule has 2 amide bonds. The molecule has 0 bridgehead atoms. The highest BCUT2D eigenvalue weighted by molar-refractivity contribution is 7.80. The van der Waals surface area contributed by atoms with Crippen molar-refractivity contribution in [2.24, 2.45) is 0 Å². The van der Waals surface area contributed by atoms with Crippen LogP contribution in [-0.4, -0.2) is 38.3 Å². The lowest BCUT2D eigenvalue weighted by molar-refractivity contribution is -0.122. The van der Waals surface area contributed by atoms with E-state index in [4.69, 9.17) is 26.4 Å². The Hall–Kier alpha value is -3.39. The van der Waals surface area contributed by atoms with Gasteiger partial charge in [0.05, 0.1) is 27.0 Å². The summed E-state index contributed by atoms with van der Waals surface area (Å²) in [7, 11) is 4.49. The number of thiocarbonyl (C=S) groups is 1. The summed E-state index contributed by atoms with van der Waals surface area (Å²) in [5.41, 5.74) is 3.02. The fraction of sp³-hybridized carbons (Fsp3) is 0.227. The van der Waals surface area contributed by atoms with Crippen molar-refractivity contribution in [2.45, 2.75) is 13.8 Å². The van der Waals surface area contributed by atoms with Gasteiger partial charge in [0.15, 0.2) is 16.6 Å². The molecule has 156 valence electrons. The van der Waals surface area contributed by atoms with Gasteiger partial charge >= 0.3 is 0 Å². The van der Waals surface area contributed by atoms with Crippen molar-refractivity contribution in [3.63, 3.8) is 0 Å². The van der Waals surface area contributed by atoms with Gasteiger partial charge in [-0.15, -0.1) is 0 Å². The number of methoxy groups -OCH3 is 3. The van der Waals surface area contributed by atoms with Crippen LogP contribution in [0.25, 0.3) is 6.08 Å². The molecule has 1 saturated heterocycles. The number of rotatable bonds is 5. The largest absolute Gasteiger partial charge is 0.493 e. The number of nitrogens with zero attached hydrogens (tertiary/aromatic N) is 1. The summed E-state index contributed by atoms with van der Waals surface area (Å²) >= 11 is 5.29. The molecule has 1 N–H and O–H groups in total. The number of carbonyl (C=O) groups is 2. The molecule has 0 atom stereocenters. The highest BCUT2D eigenvalue weighted by Crippen LogP contribution is 2.39. The maximum Gasteiger partial charge on any atom is 0.270 e. The Kier molecular flexibility index (Phi) is 6.07. The molecule has 2 aromatic carbocycles. The smallest absolute Gasteiger partial charge is 0.270 e. The summed E-state index contributed by atoms with van der Waals surface area (Å²) < 4.78 is 16.0. The first-order valence-electron chi connectivity index (χ1n) is 9.10. The second kappa shape index (κ2) is 8.54. The molecule has 1 aliphatic heterocycles. The van der Waals surface area contributed by atoms with Gasteiger partial charge in [-0.05, 0) is 67.0 Å². The number of ether oxygens (including phenoxy) is 3. The summed E-state index contributed by atoms with van der Waals surface area (Å²) in [6.07, 6.45) is 1.47. The predicted molar refractivity (Wildman–Crippen MR) is 118 cm³/mol. The van der Waals surface area contributed by atoms with Crippen molar-refractivity contribution in [3.8, 4) is 17.2 Å². The van der Waals surface area contributed by atoms with Crippen LogP contribution in [0, 0.1) is 13.8 Å². The lowest BCUT2D eigenvalue weighted by Gasteiger charge is -2.30. The molecule has 0 aromatic heterocycles. The van der Waals surface area contributed by atoms with E-state index in [1.807, 2.05) is 26.0 Å². The number of aryl methyl sites for hydroxylation is 1. The van der Waals surface area contributed by atoms with Crippen LogP contribution in [0.2, 0.25) is 0 Å². The summed E-state index contributed by atoms with van der Waals surface area (Å²) in [5, 5.41) is 2.64. The summed E-state index contributed by atoms with van der Waals surface area (Å²) in [4.78, 5) is 27.2. The van der Waals surface area contributed by atoms with Crippen molar-refractivity contribution >= 4 is 40.9 Å². The van der Waals surface area contributed by atoms with Gasteiger partial charge in [-0.25, -0.2) is 0 Å². The van der Waals surface area contributed by atoms with E-state index < -0.39 is 11.8 Å². The van der Waals surface area contributed by atoms with E-state index in [-0.39, 0.29) is 10.7 Å². The third-order valence-electron chi connectivity index (χ3n) is 4.92. The molecule has 0 saturated carbocycles. The van der Waals surface area contributed by atoms with Crippen LogP contribution in [0.15, 0.2) is 35.9 Å². The maximum absolute atomic E-state index is 13.3. The van der Waals surface area contributed by atoms with Crippen molar-refractivity contribution in [3.05, 3.63) is 52.6 Å². The van der Waals surface area contributed by atoms with Crippen LogP contribution in [0.1, 0.15) is 16.7 Å². The second-order valence-corrected chi connectivity index (χ2v) is 7.02. The molecule has 1 aliphatic rings. The number of benzene rings is 2. The van der Waals surface area contributed by atoms with Crippen LogP contribution in [0.4, 0.5) is 5.69 Å². The first kappa shape index (κ1) is 21.3. The van der Waals surface area contributed by atoms with Gasteiger partial charge < -0.3 is 14.2 Å². The molecule has 0 unspecified atom stereocenters. The third-order valence-corrected chi connectivity index (χ3v) is 5.20. The Morgan fingerprint density at radius 2 is 1.63 bits per heavy atom. The lowest BCUT2D eigenvalue weighted by atomic mass is 10.0. The molecule has 7 nitrogen and oxygen atoms in total. The summed E-state index contributed by atoms with van der Waals surface area (Å²) in [6, 6.07) is 8.89. The van der Waals surface area contributed by atoms with Gasteiger partial charge in [0, 0.05) is 0 Å². The average molecular weight is 426 g/mol. The van der Waals surface area contributed by atoms with Gasteiger partial charge in [-0.3, -0.25) is 19.8 Å². The number of hydrogen-bond acceptors (Lipinski definition) is 6. The summed E-state index contributed by atoms with van der Waals surface area (Å²) in [6.45, 7) is 3.85. The molecule has 0 aliphatic carbocycles. The molecular weight excluding hydrogens is 404 g/mol. The van der Waals surface area contributed by atoms with Crippen LogP contribution < -0.4 is 24.4 Å². The number of anilines is 1. The Balaban J connectivity index is 2.10. The SMILES string of the molecule is COc1cc(/C=C2\C(=O)NC(=S)N(c3cccc(C)c3C)C2=O)cc(OC)c1OC. The molecule has 30 heavy (non-hydrogen) atoms. The van der Waals surface area contributed by atoms with Gasteiger partial charge in [-0.2, -0.15) is 0 Å². The fourth-order valence-corrected chi connectivity index (χ4v) is 3.48. The van der Waals surface area contributed by atoms with Crippen LogP contribution in [0.3, 0.4) is 0 Å². The van der Waals surface area contributed by atoms with Crippen molar-refractivity contribution in [1.82, 2.24) is 5.32 Å². The predicted octanol–water partition coefficient (Wildman–Crippen LogP) is 3.16. The normalized spacial score (nSPS) is 15.3. The van der Waals surface area contributed by atoms with E-state index >= 15 is 0 Å². The molecule has 3 rings (SSSR count). The Bertz CT molecular complexity index is 1050. The Morgan fingerprint density at radius 3 is 2.20 bits per heavy atom. The van der Waals surface area contributed by atoms with E-state index in [0.29, 0.717) is 28.5 Å². The van der Waals surface area contributed by atoms with Gasteiger partial charge in [0.1, 0.15) is 5.57 Å². The molecule has 0 radical (unpaired) electrons. The van der Waals surface area contributed by atoms with Gasteiger partial charge in [-0.1, -0.05) is 12.1 Å². The molecule has 2 aromatic rings. The number of nitrogens with one attached hydrogen (secondary N) is 1. The van der Waals surface area contributed by atoms with E-state index in [0.717, 1.165) is 11.1 Å². The van der Waals surface area contributed by atoms with Crippen molar-refractivity contribution in [2.75, 3.05) is 26.2 Å². The molecule has 8 heteroatoms. The zero-order valence-corrected chi connectivity index (χ0v) is 18.2. The van der Waals surface area contributed by atoms with Crippen LogP contribution in [-0.2, 0) is 9.59 Å². The van der Waals surface area contributed by atoms with E-state index in [9.17, 15) is 9.59 Å². The first-order chi connectivity index (χ1) is 14.3. The number of hydrogen-bond donors (Lipinski definition) is 1. The molecule has 1 heterocycles. The van der Waals surface area contributed by atoms with Crippen molar-refractivity contribution in [1.29, 1.82) is 0 Å². The lowest BCUT2D eigenvalue weighted by Crippen LogP contribution is -2.54. The monoisotopic (exact) mass is 426 g/mol. The zero-order chi connectivity index (χ0) is 22.0. The van der Waals surface area contributed by atoms with E-state index in [1.165, 1.54) is 32.3 Å². The first-order valence-corrected chi connectivity index (χ1v) is 9.50. The quantitative estimate of drug-likeness (QED) is 0.450. The second-order valence-electron chi connectivity index (χ2n) is 6.64. The minimum Gasteiger partial charge on any atom is -0.493 e. The third kappa shape index (κ3) is 3.73. The van der Waals surface area contributed by atoms with Crippen LogP contribution in [0.5, 0.6) is 17.2 Å². The zero-order valence-electron chi connectivity index (χ0n) is 17.4. The fourth-order valence-electron chi connectivity index (χ4n) is 3.21. The standard InChI is InChI=1S/C22H22N2O5S/c1-12-7-6-8-16(13(12)2)24-21(26)15(20(25)23-22(24)30)9-14-10-17(27-3)19(29-5)18(11-14)28-4/h6-11H,1-5H3,(H,23,25,30)/b15-9+. The Labute approximate surface area is 180 Å². The molecule has 1 fully saturated rings. The van der Waals surface area contributed by atoms with Gasteiger partial charge in [0.2, 0.25) is 5.75 Å². The highest BCUT2D eigenvalue weighted by Gasteiger charge is 2.35. The molecule has 0 spiro atoms. The van der Waals surface area contributed by atoms with Crippen LogP contribution >= 0.6 is 12.2 Å². The average Bonchev–Trinajstić information content (AvgIpc) is 2.73. The maximum atomic E-state index is 13.3. The van der Waals surface area contributed by atoms with Gasteiger partial charge in [0.25, 0.3) is 11.8 Å². The summed E-state index contributed by atoms with van der Waals surface area (Å²) in [5.74, 6) is 0.162. The molecular formula is C22H22N2O5S. The topological polar surface area (TPSA) is 77.1 Å². The van der Waals surface area contributed by atoms with E-state index in [2.05, 4.69) is 5.32 Å². The Morgan fingerprint density at radius 1 is 1.00 bits per heavy atom. The minimum atomic E-state index is -0.569. The number of amides is 2.